The summed E-state index contributed by atoms with van der Waals surface area (Å²) in [5.41, 5.74) is 11.6. The Hall–Kier alpha value is -2.08. The van der Waals surface area contributed by atoms with Gasteiger partial charge in [0.15, 0.2) is 0 Å². The first kappa shape index (κ1) is 16.0. The van der Waals surface area contributed by atoms with Crippen molar-refractivity contribution in [2.75, 3.05) is 11.9 Å². The van der Waals surface area contributed by atoms with Gasteiger partial charge in [-0.25, -0.2) is 4.79 Å². The van der Waals surface area contributed by atoms with Gasteiger partial charge >= 0.3 is 6.03 Å². The molecule has 0 bridgehead atoms. The molecule has 1 aromatic rings. The van der Waals surface area contributed by atoms with Gasteiger partial charge in [-0.1, -0.05) is 12.1 Å². The second kappa shape index (κ2) is 6.38. The van der Waals surface area contributed by atoms with Crippen LogP contribution in [0.2, 0.25) is 0 Å². The molecule has 1 rings (SSSR count). The highest BCUT2D eigenvalue weighted by Gasteiger charge is 2.26. The SMILES string of the molecule is CC(NC(=O)C(C)(C)CN)c1ccc(NC(N)=O)cc1. The van der Waals surface area contributed by atoms with Crippen LogP contribution in [0.5, 0.6) is 0 Å². The molecule has 0 saturated heterocycles. The number of urea groups is 1. The summed E-state index contributed by atoms with van der Waals surface area (Å²) in [5.74, 6) is -0.0909. The van der Waals surface area contributed by atoms with Crippen molar-refractivity contribution in [1.82, 2.24) is 5.32 Å². The highest BCUT2D eigenvalue weighted by atomic mass is 16.2. The molecule has 1 unspecified atom stereocenters. The molecule has 20 heavy (non-hydrogen) atoms. The van der Waals surface area contributed by atoms with Crippen LogP contribution in [0.4, 0.5) is 10.5 Å². The molecule has 0 heterocycles. The van der Waals surface area contributed by atoms with E-state index in [-0.39, 0.29) is 18.5 Å². The number of benzene rings is 1. The zero-order chi connectivity index (χ0) is 15.3. The molecule has 0 aliphatic rings. The quantitative estimate of drug-likeness (QED) is 0.652. The highest BCUT2D eigenvalue weighted by molar-refractivity contribution is 5.87. The molecule has 110 valence electrons. The highest BCUT2D eigenvalue weighted by Crippen LogP contribution is 2.19. The van der Waals surface area contributed by atoms with Gasteiger partial charge in [-0.05, 0) is 38.5 Å². The van der Waals surface area contributed by atoms with Crippen LogP contribution in [0, 0.1) is 5.41 Å². The number of anilines is 1. The number of nitrogens with one attached hydrogen (secondary N) is 2. The molecule has 0 fully saturated rings. The smallest absolute Gasteiger partial charge is 0.316 e. The van der Waals surface area contributed by atoms with Crippen molar-refractivity contribution in [2.45, 2.75) is 26.8 Å². The normalized spacial score (nSPS) is 12.6. The molecular formula is C14H22N4O2. The van der Waals surface area contributed by atoms with Crippen LogP contribution in [0.1, 0.15) is 32.4 Å². The first-order valence-corrected chi connectivity index (χ1v) is 6.43. The van der Waals surface area contributed by atoms with Gasteiger partial charge in [0.25, 0.3) is 0 Å². The van der Waals surface area contributed by atoms with E-state index in [1.807, 2.05) is 19.1 Å². The standard InChI is InChI=1S/C14H22N4O2/c1-9(17-12(19)14(2,3)8-15)10-4-6-11(7-5-10)18-13(16)20/h4-7,9H,8,15H2,1-3H3,(H,17,19)(H3,16,18,20). The topological polar surface area (TPSA) is 110 Å². The third kappa shape index (κ3) is 4.24. The van der Waals surface area contributed by atoms with Gasteiger partial charge < -0.3 is 22.1 Å². The van der Waals surface area contributed by atoms with E-state index < -0.39 is 11.4 Å². The van der Waals surface area contributed by atoms with Crippen LogP contribution in [0.15, 0.2) is 24.3 Å². The second-order valence-corrected chi connectivity index (χ2v) is 5.39. The van der Waals surface area contributed by atoms with Crippen molar-refractivity contribution in [3.8, 4) is 0 Å². The zero-order valence-corrected chi connectivity index (χ0v) is 12.1. The fourth-order valence-electron chi connectivity index (χ4n) is 1.57. The number of hydrogen-bond acceptors (Lipinski definition) is 3. The Morgan fingerprint density at radius 1 is 1.25 bits per heavy atom. The van der Waals surface area contributed by atoms with E-state index in [9.17, 15) is 9.59 Å². The van der Waals surface area contributed by atoms with Gasteiger partial charge in [0.2, 0.25) is 5.91 Å². The Morgan fingerprint density at radius 3 is 2.25 bits per heavy atom. The summed E-state index contributed by atoms with van der Waals surface area (Å²) in [6.45, 7) is 5.78. The second-order valence-electron chi connectivity index (χ2n) is 5.39. The van der Waals surface area contributed by atoms with Crippen molar-refractivity contribution in [3.63, 3.8) is 0 Å². The monoisotopic (exact) mass is 278 g/mol. The number of hydrogen-bond donors (Lipinski definition) is 4. The Labute approximate surface area is 118 Å². The number of rotatable bonds is 5. The fourth-order valence-corrected chi connectivity index (χ4v) is 1.57. The third-order valence-corrected chi connectivity index (χ3v) is 3.15. The maximum Gasteiger partial charge on any atom is 0.316 e. The molecule has 1 aromatic carbocycles. The average molecular weight is 278 g/mol. The Morgan fingerprint density at radius 2 is 1.80 bits per heavy atom. The van der Waals surface area contributed by atoms with Crippen molar-refractivity contribution in [2.24, 2.45) is 16.9 Å². The Kier molecular flexibility index (Phi) is 5.10. The molecular weight excluding hydrogens is 256 g/mol. The largest absolute Gasteiger partial charge is 0.351 e. The van der Waals surface area contributed by atoms with Crippen LogP contribution in [0.3, 0.4) is 0 Å². The lowest BCUT2D eigenvalue weighted by Gasteiger charge is -2.24. The number of primary amides is 1. The van der Waals surface area contributed by atoms with Crippen molar-refractivity contribution >= 4 is 17.6 Å². The molecule has 6 heteroatoms. The number of amides is 3. The van der Waals surface area contributed by atoms with E-state index in [1.165, 1.54) is 0 Å². The molecule has 1 atom stereocenters. The predicted octanol–water partition coefficient (Wildman–Crippen LogP) is 1.34. The summed E-state index contributed by atoms with van der Waals surface area (Å²) in [7, 11) is 0. The lowest BCUT2D eigenvalue weighted by molar-refractivity contribution is -0.129. The summed E-state index contributed by atoms with van der Waals surface area (Å²) >= 11 is 0. The molecule has 0 aromatic heterocycles. The molecule has 6 nitrogen and oxygen atoms in total. The zero-order valence-electron chi connectivity index (χ0n) is 12.1. The lowest BCUT2D eigenvalue weighted by atomic mass is 9.92. The van der Waals surface area contributed by atoms with Gasteiger partial charge in [0.1, 0.15) is 0 Å². The van der Waals surface area contributed by atoms with Crippen molar-refractivity contribution < 1.29 is 9.59 Å². The predicted molar refractivity (Wildman–Crippen MR) is 79.0 cm³/mol. The molecule has 0 radical (unpaired) electrons. The van der Waals surface area contributed by atoms with Gasteiger partial charge in [-0.2, -0.15) is 0 Å². The van der Waals surface area contributed by atoms with E-state index in [0.29, 0.717) is 5.69 Å². The van der Waals surface area contributed by atoms with Crippen LogP contribution in [-0.2, 0) is 4.79 Å². The molecule has 0 saturated carbocycles. The van der Waals surface area contributed by atoms with Crippen molar-refractivity contribution in [1.29, 1.82) is 0 Å². The molecule has 0 spiro atoms. The third-order valence-electron chi connectivity index (χ3n) is 3.15. The Bertz CT molecular complexity index is 482. The van der Waals surface area contributed by atoms with E-state index in [0.717, 1.165) is 5.56 Å². The molecule has 6 N–H and O–H groups in total. The van der Waals surface area contributed by atoms with Crippen LogP contribution >= 0.6 is 0 Å². The Balaban J connectivity index is 2.71. The van der Waals surface area contributed by atoms with Crippen molar-refractivity contribution in [3.05, 3.63) is 29.8 Å². The van der Waals surface area contributed by atoms with E-state index >= 15 is 0 Å². The number of carbonyl (C=O) groups is 2. The summed E-state index contributed by atoms with van der Waals surface area (Å²) in [6, 6.07) is 6.37. The number of carbonyl (C=O) groups excluding carboxylic acids is 2. The van der Waals surface area contributed by atoms with Crippen LogP contribution in [-0.4, -0.2) is 18.5 Å². The minimum absolute atomic E-state index is 0.0909. The van der Waals surface area contributed by atoms with E-state index in [4.69, 9.17) is 11.5 Å². The van der Waals surface area contributed by atoms with Gasteiger partial charge in [-0.15, -0.1) is 0 Å². The summed E-state index contributed by atoms with van der Waals surface area (Å²) < 4.78 is 0. The van der Waals surface area contributed by atoms with Gasteiger partial charge in [0, 0.05) is 12.2 Å². The molecule has 0 aliphatic heterocycles. The van der Waals surface area contributed by atoms with E-state index in [2.05, 4.69) is 10.6 Å². The van der Waals surface area contributed by atoms with E-state index in [1.54, 1.807) is 26.0 Å². The fraction of sp³-hybridized carbons (Fsp3) is 0.429. The van der Waals surface area contributed by atoms with Gasteiger partial charge in [-0.3, -0.25) is 4.79 Å². The molecule has 3 amide bonds. The maximum absolute atomic E-state index is 12.0. The molecule has 0 aliphatic carbocycles. The summed E-state index contributed by atoms with van der Waals surface area (Å²) in [4.78, 5) is 22.7. The van der Waals surface area contributed by atoms with Crippen LogP contribution in [0.25, 0.3) is 0 Å². The van der Waals surface area contributed by atoms with Crippen LogP contribution < -0.4 is 22.1 Å². The number of nitrogens with two attached hydrogens (primary N) is 2. The average Bonchev–Trinajstić information content (AvgIpc) is 2.38. The maximum atomic E-state index is 12.0. The lowest BCUT2D eigenvalue weighted by Crippen LogP contribution is -2.42. The minimum atomic E-state index is -0.608. The minimum Gasteiger partial charge on any atom is -0.351 e. The van der Waals surface area contributed by atoms with Gasteiger partial charge in [0.05, 0.1) is 11.5 Å². The summed E-state index contributed by atoms with van der Waals surface area (Å²) in [5, 5.41) is 5.40. The summed E-state index contributed by atoms with van der Waals surface area (Å²) in [6.07, 6.45) is 0. The first-order chi connectivity index (χ1) is 9.26. The first-order valence-electron chi connectivity index (χ1n) is 6.43.